The second kappa shape index (κ2) is 6.52. The summed E-state index contributed by atoms with van der Waals surface area (Å²) in [7, 11) is 0. The van der Waals surface area contributed by atoms with Crippen LogP contribution >= 0.6 is 0 Å². The highest BCUT2D eigenvalue weighted by Gasteiger charge is 2.13. The van der Waals surface area contributed by atoms with Gasteiger partial charge in [-0.1, -0.05) is 49.0 Å². The van der Waals surface area contributed by atoms with Gasteiger partial charge in [0.05, 0.1) is 11.5 Å². The van der Waals surface area contributed by atoms with Gasteiger partial charge in [-0.3, -0.25) is 10.1 Å². The monoisotopic (exact) mass is 269 g/mol. The maximum absolute atomic E-state index is 10.8. The molecule has 0 N–H and O–H groups in total. The minimum atomic E-state index is -0.443. The number of para-hydroxylation sites is 2. The van der Waals surface area contributed by atoms with E-state index in [0.717, 1.165) is 11.1 Å². The molecule has 2 aromatic carbocycles. The van der Waals surface area contributed by atoms with E-state index in [1.54, 1.807) is 18.2 Å². The highest BCUT2D eigenvalue weighted by atomic mass is 16.6. The van der Waals surface area contributed by atoms with E-state index < -0.39 is 4.92 Å². The quantitative estimate of drug-likeness (QED) is 0.586. The van der Waals surface area contributed by atoms with Gasteiger partial charge in [0.15, 0.2) is 5.75 Å². The molecule has 0 aliphatic carbocycles. The Hall–Kier alpha value is -2.62. The molecule has 0 aromatic heterocycles. The lowest BCUT2D eigenvalue weighted by Gasteiger charge is -2.08. The molecule has 2 aromatic rings. The first kappa shape index (κ1) is 13.8. The molecular formula is C16H15NO3. The van der Waals surface area contributed by atoms with Gasteiger partial charge in [0, 0.05) is 12.5 Å². The Morgan fingerprint density at radius 2 is 1.75 bits per heavy atom. The molecule has 4 heteroatoms. The van der Waals surface area contributed by atoms with Crippen LogP contribution in [0.2, 0.25) is 0 Å². The highest BCUT2D eigenvalue weighted by molar-refractivity contribution is 5.63. The zero-order chi connectivity index (χ0) is 14.4. The van der Waals surface area contributed by atoms with Crippen LogP contribution in [0.1, 0.15) is 12.0 Å². The van der Waals surface area contributed by atoms with Crippen molar-refractivity contribution in [3.8, 4) is 5.75 Å². The Balaban J connectivity index is 1.94. The summed E-state index contributed by atoms with van der Waals surface area (Å²) >= 11 is 0. The molecule has 0 heterocycles. The molecule has 102 valence electrons. The SMILES string of the molecule is C=C(CCOc1ccccc1[N+](=O)[O-])c1ccccc1. The van der Waals surface area contributed by atoms with Crippen LogP contribution in [0.3, 0.4) is 0 Å². The molecule has 0 amide bonds. The molecule has 0 radical (unpaired) electrons. The minimum Gasteiger partial charge on any atom is -0.486 e. The topological polar surface area (TPSA) is 52.4 Å². The Morgan fingerprint density at radius 1 is 1.10 bits per heavy atom. The number of nitro benzene ring substituents is 1. The smallest absolute Gasteiger partial charge is 0.310 e. The summed E-state index contributed by atoms with van der Waals surface area (Å²) in [5.41, 5.74) is 1.99. The Bertz CT molecular complexity index is 608. The lowest BCUT2D eigenvalue weighted by Crippen LogP contribution is -2.01. The van der Waals surface area contributed by atoms with Crippen LogP contribution in [0.25, 0.3) is 5.57 Å². The molecule has 0 bridgehead atoms. The summed E-state index contributed by atoms with van der Waals surface area (Å²) in [5.74, 6) is 0.290. The highest BCUT2D eigenvalue weighted by Crippen LogP contribution is 2.26. The molecule has 0 aliphatic heterocycles. The summed E-state index contributed by atoms with van der Waals surface area (Å²) in [6.07, 6.45) is 0.621. The Kier molecular flexibility index (Phi) is 4.50. The predicted molar refractivity (Wildman–Crippen MR) is 78.7 cm³/mol. The number of hydrogen-bond acceptors (Lipinski definition) is 3. The van der Waals surface area contributed by atoms with Gasteiger partial charge in [-0.05, 0) is 17.2 Å². The first-order valence-electron chi connectivity index (χ1n) is 6.28. The molecule has 20 heavy (non-hydrogen) atoms. The van der Waals surface area contributed by atoms with Crippen LogP contribution in [-0.4, -0.2) is 11.5 Å². The first-order valence-corrected chi connectivity index (χ1v) is 6.28. The number of nitrogens with zero attached hydrogens (tertiary/aromatic N) is 1. The van der Waals surface area contributed by atoms with E-state index in [0.29, 0.717) is 18.8 Å². The van der Waals surface area contributed by atoms with Gasteiger partial charge in [0.1, 0.15) is 0 Å². The van der Waals surface area contributed by atoms with E-state index in [2.05, 4.69) is 6.58 Å². The van der Waals surface area contributed by atoms with Crippen LogP contribution in [0.4, 0.5) is 5.69 Å². The van der Waals surface area contributed by atoms with Gasteiger partial charge >= 0.3 is 5.69 Å². The van der Waals surface area contributed by atoms with E-state index in [4.69, 9.17) is 4.74 Å². The third-order valence-corrected chi connectivity index (χ3v) is 2.91. The maximum Gasteiger partial charge on any atom is 0.310 e. The molecule has 2 rings (SSSR count). The van der Waals surface area contributed by atoms with Gasteiger partial charge in [-0.2, -0.15) is 0 Å². The lowest BCUT2D eigenvalue weighted by molar-refractivity contribution is -0.385. The van der Waals surface area contributed by atoms with Gasteiger partial charge in [-0.15, -0.1) is 0 Å². The van der Waals surface area contributed by atoms with Crippen molar-refractivity contribution >= 4 is 11.3 Å². The van der Waals surface area contributed by atoms with Gasteiger partial charge in [0.25, 0.3) is 0 Å². The van der Waals surface area contributed by atoms with Crippen LogP contribution in [0.15, 0.2) is 61.2 Å². The number of benzene rings is 2. The van der Waals surface area contributed by atoms with Crippen molar-refractivity contribution in [2.75, 3.05) is 6.61 Å². The number of nitro groups is 1. The summed E-state index contributed by atoms with van der Waals surface area (Å²) in [5, 5.41) is 10.8. The fourth-order valence-electron chi connectivity index (χ4n) is 1.83. The zero-order valence-corrected chi connectivity index (χ0v) is 11.0. The molecular weight excluding hydrogens is 254 g/mol. The average Bonchev–Trinajstić information content (AvgIpc) is 2.48. The predicted octanol–water partition coefficient (Wildman–Crippen LogP) is 4.08. The van der Waals surface area contributed by atoms with E-state index >= 15 is 0 Å². The van der Waals surface area contributed by atoms with Crippen LogP contribution in [0, 0.1) is 10.1 Å². The normalized spacial score (nSPS) is 10.0. The van der Waals surface area contributed by atoms with E-state index in [1.165, 1.54) is 6.07 Å². The van der Waals surface area contributed by atoms with E-state index in [1.807, 2.05) is 30.3 Å². The van der Waals surface area contributed by atoms with Crippen molar-refractivity contribution in [3.05, 3.63) is 76.9 Å². The summed E-state index contributed by atoms with van der Waals surface area (Å²) in [4.78, 5) is 10.4. The fraction of sp³-hybridized carbons (Fsp3) is 0.125. The second-order valence-corrected chi connectivity index (χ2v) is 4.29. The zero-order valence-electron chi connectivity index (χ0n) is 11.0. The molecule has 0 fully saturated rings. The number of ether oxygens (including phenoxy) is 1. The van der Waals surface area contributed by atoms with E-state index in [9.17, 15) is 10.1 Å². The van der Waals surface area contributed by atoms with Gasteiger partial charge in [0.2, 0.25) is 0 Å². The Morgan fingerprint density at radius 3 is 2.45 bits per heavy atom. The molecule has 0 spiro atoms. The van der Waals surface area contributed by atoms with Crippen molar-refractivity contribution in [3.63, 3.8) is 0 Å². The second-order valence-electron chi connectivity index (χ2n) is 4.29. The third-order valence-electron chi connectivity index (χ3n) is 2.91. The number of rotatable bonds is 6. The number of hydrogen-bond donors (Lipinski definition) is 0. The summed E-state index contributed by atoms with van der Waals surface area (Å²) in [6.45, 7) is 4.36. The van der Waals surface area contributed by atoms with Crippen molar-refractivity contribution in [2.45, 2.75) is 6.42 Å². The van der Waals surface area contributed by atoms with Gasteiger partial charge in [-0.25, -0.2) is 0 Å². The molecule has 0 aliphatic rings. The summed E-state index contributed by atoms with van der Waals surface area (Å²) < 4.78 is 5.49. The average molecular weight is 269 g/mol. The third kappa shape index (κ3) is 3.45. The van der Waals surface area contributed by atoms with Crippen LogP contribution < -0.4 is 4.74 Å². The molecule has 0 unspecified atom stereocenters. The van der Waals surface area contributed by atoms with Crippen LogP contribution in [-0.2, 0) is 0 Å². The Labute approximate surface area is 117 Å². The maximum atomic E-state index is 10.8. The van der Waals surface area contributed by atoms with E-state index in [-0.39, 0.29) is 5.69 Å². The summed E-state index contributed by atoms with van der Waals surface area (Å²) in [6, 6.07) is 16.2. The molecule has 0 atom stereocenters. The van der Waals surface area contributed by atoms with Crippen LogP contribution in [0.5, 0.6) is 5.75 Å². The molecule has 4 nitrogen and oxygen atoms in total. The first-order chi connectivity index (χ1) is 9.68. The van der Waals surface area contributed by atoms with Gasteiger partial charge < -0.3 is 4.74 Å². The van der Waals surface area contributed by atoms with Crippen molar-refractivity contribution in [1.29, 1.82) is 0 Å². The molecule has 0 saturated heterocycles. The van der Waals surface area contributed by atoms with Crippen molar-refractivity contribution in [1.82, 2.24) is 0 Å². The fourth-order valence-corrected chi connectivity index (χ4v) is 1.83. The minimum absolute atomic E-state index is 0.0159. The van der Waals surface area contributed by atoms with Crippen molar-refractivity contribution < 1.29 is 9.66 Å². The molecule has 0 saturated carbocycles. The largest absolute Gasteiger partial charge is 0.486 e. The standard InChI is InChI=1S/C16H15NO3/c1-13(14-7-3-2-4-8-14)11-12-20-16-10-6-5-9-15(16)17(18)19/h2-10H,1,11-12H2. The lowest BCUT2D eigenvalue weighted by atomic mass is 10.1. The van der Waals surface area contributed by atoms with Crippen molar-refractivity contribution in [2.24, 2.45) is 0 Å².